The summed E-state index contributed by atoms with van der Waals surface area (Å²) in [4.78, 5) is 14.5. The van der Waals surface area contributed by atoms with E-state index in [9.17, 15) is 4.79 Å². The third-order valence-corrected chi connectivity index (χ3v) is 5.00. The van der Waals surface area contributed by atoms with E-state index in [-0.39, 0.29) is 0 Å². The summed E-state index contributed by atoms with van der Waals surface area (Å²) in [5.74, 6) is 0.0985. The van der Waals surface area contributed by atoms with Crippen molar-refractivity contribution in [2.75, 3.05) is 44.9 Å². The number of esters is 1. The minimum atomic E-state index is -0.431. The zero-order chi connectivity index (χ0) is 15.4. The van der Waals surface area contributed by atoms with Crippen LogP contribution in [-0.2, 0) is 4.74 Å². The second kappa shape index (κ2) is 7.00. The maximum absolute atomic E-state index is 11.7. The van der Waals surface area contributed by atoms with Crippen molar-refractivity contribution in [3.8, 4) is 5.75 Å². The van der Waals surface area contributed by atoms with Crippen molar-refractivity contribution >= 4 is 28.0 Å². The van der Waals surface area contributed by atoms with Crippen LogP contribution in [0.25, 0.3) is 0 Å². The summed E-state index contributed by atoms with van der Waals surface area (Å²) in [6, 6.07) is 0.518. The molecule has 0 bridgehead atoms. The minimum Gasteiger partial charge on any atom is -0.492 e. The first-order valence-corrected chi connectivity index (χ1v) is 7.96. The van der Waals surface area contributed by atoms with E-state index in [0.29, 0.717) is 22.4 Å². The Labute approximate surface area is 129 Å². The molecule has 1 aliphatic rings. The number of thiophene rings is 1. The molecule has 1 atom stereocenters. The minimum absolute atomic E-state index is 0.343. The SMILES string of the molecule is CCN1CCCC1CNc1sc(C(=O)OC)c(N)c1OC. The first-order valence-electron chi connectivity index (χ1n) is 7.14. The molecule has 21 heavy (non-hydrogen) atoms. The van der Waals surface area contributed by atoms with E-state index in [1.165, 1.54) is 31.3 Å². The van der Waals surface area contributed by atoms with E-state index in [4.69, 9.17) is 15.2 Å². The van der Waals surface area contributed by atoms with Gasteiger partial charge in [-0.1, -0.05) is 6.92 Å². The van der Waals surface area contributed by atoms with Gasteiger partial charge >= 0.3 is 5.97 Å². The molecule has 7 heteroatoms. The van der Waals surface area contributed by atoms with E-state index in [1.807, 2.05) is 0 Å². The summed E-state index contributed by atoms with van der Waals surface area (Å²) in [6.45, 7) is 5.21. The number of likely N-dealkylation sites (N-methyl/N-ethyl adjacent to an activating group) is 1. The number of methoxy groups -OCH3 is 2. The van der Waals surface area contributed by atoms with Crippen LogP contribution in [0.15, 0.2) is 0 Å². The van der Waals surface area contributed by atoms with E-state index >= 15 is 0 Å². The molecule has 0 saturated carbocycles. The predicted octanol–water partition coefficient (Wildman–Crippen LogP) is 2.02. The number of rotatable bonds is 6. The first-order chi connectivity index (χ1) is 10.1. The topological polar surface area (TPSA) is 76.8 Å². The lowest BCUT2D eigenvalue weighted by atomic mass is 10.2. The van der Waals surface area contributed by atoms with Gasteiger partial charge < -0.3 is 20.5 Å². The Morgan fingerprint density at radius 1 is 1.52 bits per heavy atom. The Balaban J connectivity index is 2.10. The van der Waals surface area contributed by atoms with Crippen molar-refractivity contribution in [1.82, 2.24) is 4.90 Å². The molecule has 1 aliphatic heterocycles. The summed E-state index contributed by atoms with van der Waals surface area (Å²) in [6.07, 6.45) is 2.42. The van der Waals surface area contributed by atoms with Crippen LogP contribution in [0.2, 0.25) is 0 Å². The molecule has 3 N–H and O–H groups in total. The maximum Gasteiger partial charge on any atom is 0.350 e. The lowest BCUT2D eigenvalue weighted by molar-refractivity contribution is 0.0607. The Morgan fingerprint density at radius 3 is 2.90 bits per heavy atom. The van der Waals surface area contributed by atoms with Crippen molar-refractivity contribution in [2.45, 2.75) is 25.8 Å². The van der Waals surface area contributed by atoms with Crippen LogP contribution in [0.5, 0.6) is 5.75 Å². The molecule has 0 radical (unpaired) electrons. The molecule has 0 aromatic carbocycles. The normalized spacial score (nSPS) is 18.7. The number of hydrogen-bond donors (Lipinski definition) is 2. The highest BCUT2D eigenvalue weighted by molar-refractivity contribution is 7.19. The van der Waals surface area contributed by atoms with Gasteiger partial charge in [-0.2, -0.15) is 0 Å². The molecule has 1 unspecified atom stereocenters. The number of nitrogens with two attached hydrogens (primary N) is 1. The van der Waals surface area contributed by atoms with Crippen LogP contribution < -0.4 is 15.8 Å². The fourth-order valence-electron chi connectivity index (χ4n) is 2.75. The van der Waals surface area contributed by atoms with Crippen LogP contribution >= 0.6 is 11.3 Å². The molecule has 0 amide bonds. The number of nitrogens with zero attached hydrogens (tertiary/aromatic N) is 1. The van der Waals surface area contributed by atoms with Crippen molar-refractivity contribution in [3.05, 3.63) is 4.88 Å². The molecular formula is C14H23N3O3S. The van der Waals surface area contributed by atoms with Gasteiger partial charge in [0, 0.05) is 12.6 Å². The van der Waals surface area contributed by atoms with Gasteiger partial charge in [0.05, 0.1) is 14.2 Å². The zero-order valence-electron chi connectivity index (χ0n) is 12.8. The quantitative estimate of drug-likeness (QED) is 0.783. The second-order valence-corrected chi connectivity index (χ2v) is 6.02. The Hall–Kier alpha value is -1.47. The van der Waals surface area contributed by atoms with E-state index in [1.54, 1.807) is 7.11 Å². The average molecular weight is 313 g/mol. The number of likely N-dealkylation sites (tertiary alicyclic amines) is 1. The lowest BCUT2D eigenvalue weighted by Gasteiger charge is -2.23. The van der Waals surface area contributed by atoms with Crippen molar-refractivity contribution in [3.63, 3.8) is 0 Å². The molecule has 2 heterocycles. The summed E-state index contributed by atoms with van der Waals surface area (Å²) in [7, 11) is 2.90. The van der Waals surface area contributed by atoms with Gasteiger partial charge in [-0.3, -0.25) is 4.90 Å². The van der Waals surface area contributed by atoms with Crippen molar-refractivity contribution in [1.29, 1.82) is 0 Å². The smallest absolute Gasteiger partial charge is 0.350 e. The highest BCUT2D eigenvalue weighted by Gasteiger charge is 2.25. The molecular weight excluding hydrogens is 290 g/mol. The van der Waals surface area contributed by atoms with Crippen LogP contribution in [0, 0.1) is 0 Å². The molecule has 118 valence electrons. The molecule has 1 aromatic heterocycles. The summed E-state index contributed by atoms with van der Waals surface area (Å²) in [5.41, 5.74) is 6.31. The summed E-state index contributed by atoms with van der Waals surface area (Å²) < 4.78 is 10.1. The number of hydrogen-bond acceptors (Lipinski definition) is 7. The van der Waals surface area contributed by atoms with E-state index < -0.39 is 5.97 Å². The van der Waals surface area contributed by atoms with Crippen molar-refractivity contribution in [2.24, 2.45) is 0 Å². The van der Waals surface area contributed by atoms with E-state index in [2.05, 4.69) is 17.1 Å². The molecule has 1 aromatic rings. The number of anilines is 2. The third kappa shape index (κ3) is 3.24. The van der Waals surface area contributed by atoms with Gasteiger partial charge in [-0.05, 0) is 25.9 Å². The van der Waals surface area contributed by atoms with Crippen LogP contribution in [0.1, 0.15) is 29.4 Å². The summed E-state index contributed by atoms with van der Waals surface area (Å²) >= 11 is 1.28. The second-order valence-electron chi connectivity index (χ2n) is 5.00. The van der Waals surface area contributed by atoms with Gasteiger partial charge in [0.25, 0.3) is 0 Å². The van der Waals surface area contributed by atoms with Gasteiger partial charge in [0.2, 0.25) is 0 Å². The standard InChI is InChI=1S/C14H23N3O3S/c1-4-17-7-5-6-9(17)8-16-13-11(19-2)10(15)12(21-13)14(18)20-3/h9,16H,4-8,15H2,1-3H3. The number of nitrogen functional groups attached to an aromatic ring is 1. The molecule has 2 rings (SSSR count). The molecule has 1 fully saturated rings. The molecule has 1 saturated heterocycles. The zero-order valence-corrected chi connectivity index (χ0v) is 13.6. The highest BCUT2D eigenvalue weighted by atomic mass is 32.1. The van der Waals surface area contributed by atoms with E-state index in [0.717, 1.165) is 24.6 Å². The average Bonchev–Trinajstić information content (AvgIpc) is 3.07. The maximum atomic E-state index is 11.7. The Kier molecular flexibility index (Phi) is 5.30. The van der Waals surface area contributed by atoms with Crippen LogP contribution in [0.3, 0.4) is 0 Å². The Bertz CT molecular complexity index is 504. The first kappa shape index (κ1) is 15.9. The molecule has 0 spiro atoms. The number of carbonyl (C=O) groups excluding carboxylic acids is 1. The van der Waals surface area contributed by atoms with Crippen molar-refractivity contribution < 1.29 is 14.3 Å². The number of carbonyl (C=O) groups is 1. The van der Waals surface area contributed by atoms with Gasteiger partial charge in [0.1, 0.15) is 15.6 Å². The van der Waals surface area contributed by atoms with Gasteiger partial charge in [-0.25, -0.2) is 4.79 Å². The largest absolute Gasteiger partial charge is 0.492 e. The fourth-order valence-corrected chi connectivity index (χ4v) is 3.76. The predicted molar refractivity (Wildman–Crippen MR) is 85.4 cm³/mol. The number of ether oxygens (including phenoxy) is 2. The molecule has 6 nitrogen and oxygen atoms in total. The number of nitrogens with one attached hydrogen (secondary N) is 1. The third-order valence-electron chi connectivity index (χ3n) is 3.88. The monoisotopic (exact) mass is 313 g/mol. The lowest BCUT2D eigenvalue weighted by Crippen LogP contribution is -2.34. The fraction of sp³-hybridized carbons (Fsp3) is 0.643. The van der Waals surface area contributed by atoms with Crippen LogP contribution in [0.4, 0.5) is 10.7 Å². The molecule has 0 aliphatic carbocycles. The highest BCUT2D eigenvalue weighted by Crippen LogP contribution is 2.42. The van der Waals surface area contributed by atoms with Gasteiger partial charge in [-0.15, -0.1) is 11.3 Å². The van der Waals surface area contributed by atoms with Gasteiger partial charge in [0.15, 0.2) is 5.75 Å². The van der Waals surface area contributed by atoms with Crippen LogP contribution in [-0.4, -0.2) is 50.8 Å². The summed E-state index contributed by atoms with van der Waals surface area (Å²) in [5, 5.41) is 4.16. The Morgan fingerprint density at radius 2 is 2.29 bits per heavy atom.